The maximum Gasteiger partial charge on any atom is 0.198 e. The van der Waals surface area contributed by atoms with Crippen LogP contribution in [0.1, 0.15) is 25.1 Å². The standard InChI is InChI=1S/C14H20N4O/c1-17-8-4-3-6-11(17)10-13-15-14-12(19-2)7-5-9-18(14)16-13/h5,7,9,11H,3-4,6,8,10H2,1-2H3. The Morgan fingerprint density at radius 3 is 3.11 bits per heavy atom. The smallest absolute Gasteiger partial charge is 0.198 e. The van der Waals surface area contributed by atoms with Gasteiger partial charge in [0.25, 0.3) is 0 Å². The molecule has 1 atom stereocenters. The van der Waals surface area contributed by atoms with Gasteiger partial charge in [-0.2, -0.15) is 5.10 Å². The molecular weight excluding hydrogens is 240 g/mol. The van der Waals surface area contributed by atoms with Crippen LogP contribution in [0.15, 0.2) is 18.3 Å². The highest BCUT2D eigenvalue weighted by molar-refractivity contribution is 5.52. The first-order chi connectivity index (χ1) is 9.28. The van der Waals surface area contributed by atoms with E-state index in [1.165, 1.54) is 25.8 Å². The number of aromatic nitrogens is 3. The van der Waals surface area contributed by atoms with Crippen molar-refractivity contribution in [3.8, 4) is 5.75 Å². The second-order valence-corrected chi connectivity index (χ2v) is 5.21. The summed E-state index contributed by atoms with van der Waals surface area (Å²) >= 11 is 0. The number of piperidine rings is 1. The minimum absolute atomic E-state index is 0.567. The van der Waals surface area contributed by atoms with Crippen molar-refractivity contribution in [2.45, 2.75) is 31.7 Å². The van der Waals surface area contributed by atoms with E-state index in [4.69, 9.17) is 4.74 Å². The number of nitrogens with zero attached hydrogens (tertiary/aromatic N) is 4. The molecule has 0 spiro atoms. The number of hydrogen-bond acceptors (Lipinski definition) is 4. The van der Waals surface area contributed by atoms with Crippen molar-refractivity contribution in [3.63, 3.8) is 0 Å². The van der Waals surface area contributed by atoms with Crippen LogP contribution >= 0.6 is 0 Å². The molecule has 1 aliphatic rings. The number of ether oxygens (including phenoxy) is 1. The minimum atomic E-state index is 0.567. The summed E-state index contributed by atoms with van der Waals surface area (Å²) in [6, 6.07) is 4.41. The Morgan fingerprint density at radius 1 is 1.42 bits per heavy atom. The summed E-state index contributed by atoms with van der Waals surface area (Å²) < 4.78 is 7.12. The van der Waals surface area contributed by atoms with Gasteiger partial charge in [-0.05, 0) is 38.6 Å². The van der Waals surface area contributed by atoms with Crippen LogP contribution in [0.25, 0.3) is 5.65 Å². The first-order valence-corrected chi connectivity index (χ1v) is 6.86. The van der Waals surface area contributed by atoms with Crippen LogP contribution < -0.4 is 4.74 Å². The number of rotatable bonds is 3. The predicted octanol–water partition coefficient (Wildman–Crippen LogP) is 1.76. The summed E-state index contributed by atoms with van der Waals surface area (Å²) in [5.74, 6) is 1.68. The van der Waals surface area contributed by atoms with Crippen LogP contribution in [0.5, 0.6) is 5.75 Å². The molecule has 1 fully saturated rings. The predicted molar refractivity (Wildman–Crippen MR) is 73.5 cm³/mol. The van der Waals surface area contributed by atoms with Crippen LogP contribution in [0.4, 0.5) is 0 Å². The number of likely N-dealkylation sites (tertiary alicyclic amines) is 1. The third-order valence-electron chi connectivity index (χ3n) is 3.93. The highest BCUT2D eigenvalue weighted by atomic mass is 16.5. The van der Waals surface area contributed by atoms with Crippen molar-refractivity contribution in [1.82, 2.24) is 19.5 Å². The Hall–Kier alpha value is -1.62. The van der Waals surface area contributed by atoms with E-state index in [0.717, 1.165) is 23.6 Å². The molecule has 5 nitrogen and oxygen atoms in total. The van der Waals surface area contributed by atoms with Crippen LogP contribution in [0.3, 0.4) is 0 Å². The van der Waals surface area contributed by atoms with Crippen molar-refractivity contribution in [1.29, 1.82) is 0 Å². The number of methoxy groups -OCH3 is 1. The van der Waals surface area contributed by atoms with Gasteiger partial charge in [-0.15, -0.1) is 0 Å². The monoisotopic (exact) mass is 260 g/mol. The first kappa shape index (κ1) is 12.4. The molecule has 19 heavy (non-hydrogen) atoms. The summed E-state index contributed by atoms with van der Waals surface area (Å²) in [6.07, 6.45) is 6.69. The zero-order valence-corrected chi connectivity index (χ0v) is 11.5. The molecule has 0 aliphatic carbocycles. The van der Waals surface area contributed by atoms with Gasteiger partial charge in [0.2, 0.25) is 0 Å². The Labute approximate surface area is 113 Å². The minimum Gasteiger partial charge on any atom is -0.493 e. The molecule has 1 aliphatic heterocycles. The highest BCUT2D eigenvalue weighted by Crippen LogP contribution is 2.20. The van der Waals surface area contributed by atoms with E-state index >= 15 is 0 Å². The third-order valence-corrected chi connectivity index (χ3v) is 3.93. The SMILES string of the molecule is COc1cccn2nc(CC3CCCCN3C)nc12. The van der Waals surface area contributed by atoms with Gasteiger partial charge < -0.3 is 9.64 Å². The zero-order valence-electron chi connectivity index (χ0n) is 11.5. The summed E-state index contributed by atoms with van der Waals surface area (Å²) in [5.41, 5.74) is 0.804. The molecule has 3 heterocycles. The molecular formula is C14H20N4O. The van der Waals surface area contributed by atoms with Gasteiger partial charge in [-0.3, -0.25) is 0 Å². The fraction of sp³-hybridized carbons (Fsp3) is 0.571. The van der Waals surface area contributed by atoms with Crippen LogP contribution in [0.2, 0.25) is 0 Å². The average Bonchev–Trinajstić information content (AvgIpc) is 2.83. The Kier molecular flexibility index (Phi) is 3.38. The summed E-state index contributed by atoms with van der Waals surface area (Å²) in [5, 5.41) is 4.55. The molecule has 5 heteroatoms. The molecule has 0 amide bonds. The van der Waals surface area contributed by atoms with Gasteiger partial charge in [0.05, 0.1) is 7.11 Å². The van der Waals surface area contributed by atoms with E-state index in [1.807, 2.05) is 18.3 Å². The van der Waals surface area contributed by atoms with Crippen molar-refractivity contribution in [2.75, 3.05) is 20.7 Å². The summed E-state index contributed by atoms with van der Waals surface area (Å²) in [7, 11) is 3.86. The van der Waals surface area contributed by atoms with Gasteiger partial charge in [-0.1, -0.05) is 6.42 Å². The van der Waals surface area contributed by atoms with Gasteiger partial charge in [0, 0.05) is 18.7 Å². The van der Waals surface area contributed by atoms with E-state index in [2.05, 4.69) is 22.0 Å². The topological polar surface area (TPSA) is 42.7 Å². The average molecular weight is 260 g/mol. The number of fused-ring (bicyclic) bond motifs is 1. The van der Waals surface area contributed by atoms with Gasteiger partial charge in [0.1, 0.15) is 0 Å². The lowest BCUT2D eigenvalue weighted by Crippen LogP contribution is -2.37. The maximum absolute atomic E-state index is 5.32. The van der Waals surface area contributed by atoms with Gasteiger partial charge in [0.15, 0.2) is 17.2 Å². The van der Waals surface area contributed by atoms with Crippen LogP contribution in [0, 0.1) is 0 Å². The molecule has 3 rings (SSSR count). The quantitative estimate of drug-likeness (QED) is 0.843. The maximum atomic E-state index is 5.32. The second-order valence-electron chi connectivity index (χ2n) is 5.21. The molecule has 102 valence electrons. The molecule has 0 N–H and O–H groups in total. The lowest BCUT2D eigenvalue weighted by Gasteiger charge is -2.31. The summed E-state index contributed by atoms with van der Waals surface area (Å²) in [6.45, 7) is 1.18. The van der Waals surface area contributed by atoms with Crippen molar-refractivity contribution in [3.05, 3.63) is 24.2 Å². The number of pyridine rings is 1. The molecule has 0 saturated carbocycles. The highest BCUT2D eigenvalue weighted by Gasteiger charge is 2.21. The molecule has 0 radical (unpaired) electrons. The van der Waals surface area contributed by atoms with Crippen molar-refractivity contribution < 1.29 is 4.74 Å². The molecule has 1 saturated heterocycles. The molecule has 0 bridgehead atoms. The Balaban J connectivity index is 1.85. The van der Waals surface area contributed by atoms with Crippen LogP contribution in [-0.2, 0) is 6.42 Å². The van der Waals surface area contributed by atoms with Gasteiger partial charge in [-0.25, -0.2) is 9.50 Å². The van der Waals surface area contributed by atoms with E-state index < -0.39 is 0 Å². The largest absolute Gasteiger partial charge is 0.493 e. The molecule has 0 aromatic carbocycles. The molecule has 1 unspecified atom stereocenters. The lowest BCUT2D eigenvalue weighted by atomic mass is 10.00. The van der Waals surface area contributed by atoms with E-state index in [0.29, 0.717) is 6.04 Å². The zero-order chi connectivity index (χ0) is 13.2. The number of hydrogen-bond donors (Lipinski definition) is 0. The first-order valence-electron chi connectivity index (χ1n) is 6.86. The Bertz CT molecular complexity index is 566. The summed E-state index contributed by atoms with van der Waals surface area (Å²) in [4.78, 5) is 7.04. The number of likely N-dealkylation sites (N-methyl/N-ethyl adjacent to an activating group) is 1. The lowest BCUT2D eigenvalue weighted by molar-refractivity contribution is 0.182. The van der Waals surface area contributed by atoms with Crippen molar-refractivity contribution >= 4 is 5.65 Å². The van der Waals surface area contributed by atoms with Crippen LogP contribution in [-0.4, -0.2) is 46.2 Å². The van der Waals surface area contributed by atoms with E-state index in [-0.39, 0.29) is 0 Å². The fourth-order valence-corrected chi connectivity index (χ4v) is 2.78. The normalized spacial score (nSPS) is 20.8. The Morgan fingerprint density at radius 2 is 2.32 bits per heavy atom. The molecule has 2 aromatic heterocycles. The third kappa shape index (κ3) is 2.42. The fourth-order valence-electron chi connectivity index (χ4n) is 2.78. The second kappa shape index (κ2) is 5.17. The van der Waals surface area contributed by atoms with Crippen molar-refractivity contribution in [2.24, 2.45) is 0 Å². The van der Waals surface area contributed by atoms with E-state index in [1.54, 1.807) is 11.6 Å². The van der Waals surface area contributed by atoms with Gasteiger partial charge >= 0.3 is 0 Å². The molecule has 2 aromatic rings. The van der Waals surface area contributed by atoms with E-state index in [9.17, 15) is 0 Å².